The van der Waals surface area contributed by atoms with Crippen molar-refractivity contribution < 1.29 is 14.7 Å². The molecule has 0 heterocycles. The molecule has 6 N–H and O–H groups in total. The highest BCUT2D eigenvalue weighted by Gasteiger charge is 2.13. The van der Waals surface area contributed by atoms with E-state index in [1.807, 2.05) is 0 Å². The molecule has 12 heavy (non-hydrogen) atoms. The Morgan fingerprint density at radius 2 is 2.08 bits per heavy atom. The largest absolute Gasteiger partial charge is 0.395 e. The molecule has 0 bridgehead atoms. The normalized spacial score (nSPS) is 12.2. The van der Waals surface area contributed by atoms with Gasteiger partial charge in [-0.15, -0.1) is 0 Å². The van der Waals surface area contributed by atoms with Gasteiger partial charge in [-0.3, -0.25) is 9.59 Å². The molecule has 0 radical (unpaired) electrons. The van der Waals surface area contributed by atoms with Gasteiger partial charge in [0.1, 0.15) is 0 Å². The topological polar surface area (TPSA) is 118 Å². The first-order valence-electron chi connectivity index (χ1n) is 3.50. The fraction of sp³-hybridized carbons (Fsp3) is 0.667. The first-order chi connectivity index (χ1) is 5.57. The number of rotatable bonds is 5. The molecule has 0 aromatic rings. The lowest BCUT2D eigenvalue weighted by atomic mass is 10.2. The SMILES string of the molecule is NC(=O)C(N)CC(=O)NCCO. The Balaban J connectivity index is 3.61. The van der Waals surface area contributed by atoms with Gasteiger partial charge in [0.05, 0.1) is 19.1 Å². The monoisotopic (exact) mass is 175 g/mol. The Labute approximate surface area is 69.9 Å². The predicted octanol–water partition coefficient (Wildman–Crippen LogP) is -2.70. The zero-order valence-electron chi connectivity index (χ0n) is 6.62. The first-order valence-corrected chi connectivity index (χ1v) is 3.50. The van der Waals surface area contributed by atoms with Gasteiger partial charge >= 0.3 is 0 Å². The standard InChI is InChI=1S/C6H13N3O3/c7-4(6(8)12)3-5(11)9-1-2-10/h4,10H,1-3,7H2,(H2,8,12)(H,9,11). The number of carbonyl (C=O) groups is 2. The quantitative estimate of drug-likeness (QED) is 0.363. The summed E-state index contributed by atoms with van der Waals surface area (Å²) in [5, 5.41) is 10.7. The second-order valence-corrected chi connectivity index (χ2v) is 2.29. The summed E-state index contributed by atoms with van der Waals surface area (Å²) in [6.45, 7) is 0.0157. The molecule has 0 aliphatic heterocycles. The van der Waals surface area contributed by atoms with Crippen LogP contribution in [-0.2, 0) is 9.59 Å². The molecule has 0 saturated carbocycles. The first kappa shape index (κ1) is 10.9. The van der Waals surface area contributed by atoms with E-state index in [2.05, 4.69) is 5.32 Å². The van der Waals surface area contributed by atoms with Crippen molar-refractivity contribution in [2.45, 2.75) is 12.5 Å². The van der Waals surface area contributed by atoms with Gasteiger partial charge < -0.3 is 21.9 Å². The summed E-state index contributed by atoms with van der Waals surface area (Å²) in [5.41, 5.74) is 10.0. The van der Waals surface area contributed by atoms with Crippen molar-refractivity contribution in [3.63, 3.8) is 0 Å². The number of hydrogen-bond donors (Lipinski definition) is 4. The maximum absolute atomic E-state index is 10.8. The summed E-state index contributed by atoms with van der Waals surface area (Å²) in [6, 6.07) is -0.955. The van der Waals surface area contributed by atoms with Crippen molar-refractivity contribution in [1.82, 2.24) is 5.32 Å². The smallest absolute Gasteiger partial charge is 0.234 e. The third-order valence-corrected chi connectivity index (χ3v) is 1.20. The van der Waals surface area contributed by atoms with Crippen molar-refractivity contribution in [1.29, 1.82) is 0 Å². The van der Waals surface area contributed by atoms with E-state index in [9.17, 15) is 9.59 Å². The molecule has 2 amide bonds. The fourth-order valence-corrected chi connectivity index (χ4v) is 0.568. The van der Waals surface area contributed by atoms with Gasteiger partial charge in [0, 0.05) is 6.54 Å². The second-order valence-electron chi connectivity index (χ2n) is 2.29. The van der Waals surface area contributed by atoms with E-state index < -0.39 is 17.9 Å². The molecule has 1 unspecified atom stereocenters. The van der Waals surface area contributed by atoms with Crippen LogP contribution >= 0.6 is 0 Å². The minimum Gasteiger partial charge on any atom is -0.395 e. The number of carbonyl (C=O) groups excluding carboxylic acids is 2. The van der Waals surface area contributed by atoms with Crippen LogP contribution in [0.25, 0.3) is 0 Å². The number of nitrogens with two attached hydrogens (primary N) is 2. The van der Waals surface area contributed by atoms with Gasteiger partial charge in [0.2, 0.25) is 11.8 Å². The number of aliphatic hydroxyl groups excluding tert-OH is 1. The molecular weight excluding hydrogens is 162 g/mol. The molecule has 6 nitrogen and oxygen atoms in total. The maximum atomic E-state index is 10.8. The van der Waals surface area contributed by atoms with Gasteiger partial charge in [-0.2, -0.15) is 0 Å². The Hall–Kier alpha value is -1.14. The molecule has 1 atom stereocenters. The van der Waals surface area contributed by atoms with E-state index in [0.717, 1.165) is 0 Å². The van der Waals surface area contributed by atoms with Crippen LogP contribution in [0, 0.1) is 0 Å². The van der Waals surface area contributed by atoms with Gasteiger partial charge in [-0.25, -0.2) is 0 Å². The molecule has 0 rings (SSSR count). The van der Waals surface area contributed by atoms with Crippen LogP contribution in [0.15, 0.2) is 0 Å². The minimum absolute atomic E-state index is 0.141. The van der Waals surface area contributed by atoms with Crippen LogP contribution in [0.3, 0.4) is 0 Å². The Kier molecular flexibility index (Phi) is 4.98. The zero-order valence-corrected chi connectivity index (χ0v) is 6.62. The molecule has 0 fully saturated rings. The van der Waals surface area contributed by atoms with E-state index in [0.29, 0.717) is 0 Å². The van der Waals surface area contributed by atoms with Crippen LogP contribution in [0.4, 0.5) is 0 Å². The van der Waals surface area contributed by atoms with Crippen LogP contribution in [0.5, 0.6) is 0 Å². The van der Waals surface area contributed by atoms with Crippen LogP contribution in [0.1, 0.15) is 6.42 Å². The van der Waals surface area contributed by atoms with E-state index in [1.54, 1.807) is 0 Å². The Morgan fingerprint density at radius 3 is 2.50 bits per heavy atom. The van der Waals surface area contributed by atoms with E-state index in [4.69, 9.17) is 16.6 Å². The van der Waals surface area contributed by atoms with Crippen molar-refractivity contribution in [3.8, 4) is 0 Å². The lowest BCUT2D eigenvalue weighted by Crippen LogP contribution is -2.41. The van der Waals surface area contributed by atoms with Gasteiger partial charge in [-0.1, -0.05) is 0 Å². The second kappa shape index (κ2) is 5.50. The van der Waals surface area contributed by atoms with Gasteiger partial charge in [0.15, 0.2) is 0 Å². The van der Waals surface area contributed by atoms with Gasteiger partial charge in [0.25, 0.3) is 0 Å². The van der Waals surface area contributed by atoms with Crippen LogP contribution in [0.2, 0.25) is 0 Å². The molecule has 0 aromatic heterocycles. The molecule has 0 aromatic carbocycles. The molecule has 6 heteroatoms. The highest BCUT2D eigenvalue weighted by atomic mass is 16.3. The number of aliphatic hydroxyl groups is 1. The summed E-state index contributed by atoms with van der Waals surface area (Å²) < 4.78 is 0. The third-order valence-electron chi connectivity index (χ3n) is 1.20. The number of hydrogen-bond acceptors (Lipinski definition) is 4. The summed E-state index contributed by atoms with van der Waals surface area (Å²) >= 11 is 0. The average Bonchev–Trinajstić information content (AvgIpc) is 2.00. The summed E-state index contributed by atoms with van der Waals surface area (Å²) in [4.78, 5) is 21.2. The summed E-state index contributed by atoms with van der Waals surface area (Å²) in [7, 11) is 0. The molecule has 0 aliphatic rings. The molecule has 0 spiro atoms. The number of primary amides is 1. The van der Waals surface area contributed by atoms with E-state index in [-0.39, 0.29) is 19.6 Å². The van der Waals surface area contributed by atoms with Crippen molar-refractivity contribution in [2.24, 2.45) is 11.5 Å². The molecular formula is C6H13N3O3. The predicted molar refractivity (Wildman–Crippen MR) is 41.9 cm³/mol. The van der Waals surface area contributed by atoms with Crippen molar-refractivity contribution in [2.75, 3.05) is 13.2 Å². The Morgan fingerprint density at radius 1 is 1.50 bits per heavy atom. The lowest BCUT2D eigenvalue weighted by Gasteiger charge is -2.06. The van der Waals surface area contributed by atoms with Crippen LogP contribution in [-0.4, -0.2) is 36.1 Å². The number of amides is 2. The summed E-state index contributed by atoms with van der Waals surface area (Å²) in [6.07, 6.45) is -0.144. The van der Waals surface area contributed by atoms with Crippen LogP contribution < -0.4 is 16.8 Å². The summed E-state index contributed by atoms with van der Waals surface area (Å²) in [5.74, 6) is -1.11. The highest BCUT2D eigenvalue weighted by Crippen LogP contribution is 1.85. The Bertz CT molecular complexity index is 171. The molecule has 70 valence electrons. The highest BCUT2D eigenvalue weighted by molar-refractivity contribution is 5.86. The molecule has 0 saturated heterocycles. The molecule has 0 aliphatic carbocycles. The van der Waals surface area contributed by atoms with Gasteiger partial charge in [-0.05, 0) is 0 Å². The number of nitrogens with one attached hydrogen (secondary N) is 1. The lowest BCUT2D eigenvalue weighted by molar-refractivity contribution is -0.126. The van der Waals surface area contributed by atoms with Crippen molar-refractivity contribution >= 4 is 11.8 Å². The fourth-order valence-electron chi connectivity index (χ4n) is 0.568. The minimum atomic E-state index is -0.955. The van der Waals surface area contributed by atoms with E-state index >= 15 is 0 Å². The third kappa shape index (κ3) is 4.64. The maximum Gasteiger partial charge on any atom is 0.234 e. The zero-order chi connectivity index (χ0) is 9.56. The average molecular weight is 175 g/mol. The van der Waals surface area contributed by atoms with E-state index in [1.165, 1.54) is 0 Å². The van der Waals surface area contributed by atoms with Crippen molar-refractivity contribution in [3.05, 3.63) is 0 Å².